The lowest BCUT2D eigenvalue weighted by Crippen LogP contribution is -2.15. The minimum absolute atomic E-state index is 0.358. The highest BCUT2D eigenvalue weighted by atomic mass is 16.5. The molecule has 0 saturated carbocycles. The van der Waals surface area contributed by atoms with Crippen molar-refractivity contribution >= 4 is 11.9 Å². The van der Waals surface area contributed by atoms with Crippen molar-refractivity contribution in [1.29, 1.82) is 0 Å². The van der Waals surface area contributed by atoms with Crippen LogP contribution in [0.4, 0.5) is 11.9 Å². The number of rotatable bonds is 6. The molecule has 0 aliphatic carbocycles. The lowest BCUT2D eigenvalue weighted by Gasteiger charge is -2.11. The SMILES string of the molecule is CNc1nc(NCCC2CCCO2)nc(-n2ccnc2)n1. The van der Waals surface area contributed by atoms with Gasteiger partial charge in [-0.3, -0.25) is 4.57 Å². The first kappa shape index (κ1) is 13.7. The Balaban J connectivity index is 1.67. The highest BCUT2D eigenvalue weighted by Gasteiger charge is 2.15. The van der Waals surface area contributed by atoms with E-state index < -0.39 is 0 Å². The van der Waals surface area contributed by atoms with E-state index in [1.165, 1.54) is 0 Å². The zero-order valence-corrected chi connectivity index (χ0v) is 12.0. The summed E-state index contributed by atoms with van der Waals surface area (Å²) in [6.07, 6.45) is 8.76. The van der Waals surface area contributed by atoms with Gasteiger partial charge in [-0.15, -0.1) is 0 Å². The first-order valence-electron chi connectivity index (χ1n) is 7.13. The molecule has 1 fully saturated rings. The van der Waals surface area contributed by atoms with Gasteiger partial charge in [0, 0.05) is 32.6 Å². The van der Waals surface area contributed by atoms with Gasteiger partial charge in [0.15, 0.2) is 0 Å². The predicted octanol–water partition coefficient (Wildman–Crippen LogP) is 1.08. The maximum atomic E-state index is 5.60. The molecule has 1 aliphatic heterocycles. The first-order chi connectivity index (χ1) is 10.3. The number of aromatic nitrogens is 5. The van der Waals surface area contributed by atoms with E-state index >= 15 is 0 Å². The minimum Gasteiger partial charge on any atom is -0.378 e. The second-order valence-electron chi connectivity index (χ2n) is 4.85. The summed E-state index contributed by atoms with van der Waals surface area (Å²) in [5.74, 6) is 1.61. The summed E-state index contributed by atoms with van der Waals surface area (Å²) in [5, 5.41) is 6.17. The number of hydrogen-bond donors (Lipinski definition) is 2. The molecule has 0 bridgehead atoms. The lowest BCUT2D eigenvalue weighted by atomic mass is 10.2. The summed E-state index contributed by atoms with van der Waals surface area (Å²) in [7, 11) is 1.78. The van der Waals surface area contributed by atoms with Gasteiger partial charge in [-0.25, -0.2) is 4.98 Å². The quantitative estimate of drug-likeness (QED) is 0.822. The first-order valence-corrected chi connectivity index (χ1v) is 7.13. The molecule has 0 spiro atoms. The number of imidazole rings is 1. The maximum absolute atomic E-state index is 5.60. The van der Waals surface area contributed by atoms with E-state index in [1.54, 1.807) is 30.3 Å². The Morgan fingerprint density at radius 3 is 2.95 bits per heavy atom. The van der Waals surface area contributed by atoms with Crippen LogP contribution in [-0.2, 0) is 4.74 Å². The van der Waals surface area contributed by atoms with Gasteiger partial charge in [-0.2, -0.15) is 15.0 Å². The molecular weight excluding hydrogens is 270 g/mol. The van der Waals surface area contributed by atoms with Crippen LogP contribution >= 0.6 is 0 Å². The third kappa shape index (κ3) is 3.46. The van der Waals surface area contributed by atoms with Crippen molar-refractivity contribution in [3.05, 3.63) is 18.7 Å². The Bertz CT molecular complexity index is 566. The summed E-state index contributed by atoms with van der Waals surface area (Å²) in [4.78, 5) is 17.0. The van der Waals surface area contributed by atoms with Gasteiger partial charge in [0.2, 0.25) is 17.8 Å². The topological polar surface area (TPSA) is 89.8 Å². The van der Waals surface area contributed by atoms with Gasteiger partial charge in [0.25, 0.3) is 0 Å². The molecule has 1 unspecified atom stereocenters. The standard InChI is InChI=1S/C13H19N7O/c1-14-11-17-12(16-5-4-10-3-2-8-21-10)19-13(18-11)20-7-6-15-9-20/h6-7,9-10H,2-5,8H2,1H3,(H2,14,16,17,18,19). The molecule has 21 heavy (non-hydrogen) atoms. The minimum atomic E-state index is 0.358. The van der Waals surface area contributed by atoms with Crippen LogP contribution in [0.2, 0.25) is 0 Å². The molecule has 1 aliphatic rings. The summed E-state index contributed by atoms with van der Waals surface area (Å²) < 4.78 is 7.34. The second-order valence-corrected chi connectivity index (χ2v) is 4.85. The van der Waals surface area contributed by atoms with Crippen molar-refractivity contribution in [1.82, 2.24) is 24.5 Å². The summed E-state index contributed by atoms with van der Waals surface area (Å²) in [6, 6.07) is 0. The van der Waals surface area contributed by atoms with Crippen LogP contribution in [0.1, 0.15) is 19.3 Å². The number of nitrogens with zero attached hydrogens (tertiary/aromatic N) is 5. The van der Waals surface area contributed by atoms with Gasteiger partial charge < -0.3 is 15.4 Å². The molecule has 1 atom stereocenters. The van der Waals surface area contributed by atoms with Gasteiger partial charge in [0.1, 0.15) is 6.33 Å². The summed E-state index contributed by atoms with van der Waals surface area (Å²) in [5.41, 5.74) is 0. The Morgan fingerprint density at radius 2 is 2.24 bits per heavy atom. The zero-order chi connectivity index (χ0) is 14.5. The van der Waals surface area contributed by atoms with Crippen LogP contribution < -0.4 is 10.6 Å². The van der Waals surface area contributed by atoms with Crippen LogP contribution in [-0.4, -0.2) is 50.8 Å². The Morgan fingerprint density at radius 1 is 1.33 bits per heavy atom. The molecule has 8 heteroatoms. The Hall–Kier alpha value is -2.22. The summed E-state index contributed by atoms with van der Waals surface area (Å²) >= 11 is 0. The molecule has 0 amide bonds. The lowest BCUT2D eigenvalue weighted by molar-refractivity contribution is 0.107. The van der Waals surface area contributed by atoms with Crippen molar-refractivity contribution in [2.24, 2.45) is 0 Å². The van der Waals surface area contributed by atoms with Crippen molar-refractivity contribution in [2.75, 3.05) is 30.8 Å². The molecule has 112 valence electrons. The molecule has 2 aromatic heterocycles. The monoisotopic (exact) mass is 289 g/mol. The molecular formula is C13H19N7O. The molecule has 0 radical (unpaired) electrons. The highest BCUT2D eigenvalue weighted by molar-refractivity contribution is 5.37. The van der Waals surface area contributed by atoms with Crippen LogP contribution in [0, 0.1) is 0 Å². The normalized spacial score (nSPS) is 17.9. The predicted molar refractivity (Wildman–Crippen MR) is 78.6 cm³/mol. The zero-order valence-electron chi connectivity index (χ0n) is 12.0. The number of nitrogens with one attached hydrogen (secondary N) is 2. The van der Waals surface area contributed by atoms with Gasteiger partial charge in [0.05, 0.1) is 6.10 Å². The fourth-order valence-electron chi connectivity index (χ4n) is 2.27. The van der Waals surface area contributed by atoms with Crippen molar-refractivity contribution in [3.8, 4) is 5.95 Å². The Kier molecular flexibility index (Phi) is 4.25. The van der Waals surface area contributed by atoms with Crippen molar-refractivity contribution in [3.63, 3.8) is 0 Å². The summed E-state index contributed by atoms with van der Waals surface area (Å²) in [6.45, 7) is 1.66. The molecule has 0 aromatic carbocycles. The largest absolute Gasteiger partial charge is 0.378 e. The Labute approximate surface area is 123 Å². The smallest absolute Gasteiger partial charge is 0.241 e. The van der Waals surface area contributed by atoms with E-state index in [0.717, 1.165) is 32.4 Å². The van der Waals surface area contributed by atoms with E-state index in [1.807, 2.05) is 0 Å². The van der Waals surface area contributed by atoms with Crippen LogP contribution in [0.15, 0.2) is 18.7 Å². The van der Waals surface area contributed by atoms with Crippen molar-refractivity contribution in [2.45, 2.75) is 25.4 Å². The van der Waals surface area contributed by atoms with E-state index in [0.29, 0.717) is 23.9 Å². The average molecular weight is 289 g/mol. The maximum Gasteiger partial charge on any atom is 0.241 e. The second kappa shape index (κ2) is 6.49. The van der Waals surface area contributed by atoms with Crippen LogP contribution in [0.5, 0.6) is 0 Å². The fraction of sp³-hybridized carbons (Fsp3) is 0.538. The number of hydrogen-bond acceptors (Lipinski definition) is 7. The average Bonchev–Trinajstić information content (AvgIpc) is 3.20. The van der Waals surface area contributed by atoms with Gasteiger partial charge in [-0.1, -0.05) is 0 Å². The van der Waals surface area contributed by atoms with Gasteiger partial charge >= 0.3 is 0 Å². The van der Waals surface area contributed by atoms with Crippen molar-refractivity contribution < 1.29 is 4.74 Å². The van der Waals surface area contributed by atoms with Crippen LogP contribution in [0.3, 0.4) is 0 Å². The highest BCUT2D eigenvalue weighted by Crippen LogP contribution is 2.15. The van der Waals surface area contributed by atoms with Crippen LogP contribution in [0.25, 0.3) is 5.95 Å². The fourth-order valence-corrected chi connectivity index (χ4v) is 2.27. The van der Waals surface area contributed by atoms with Gasteiger partial charge in [-0.05, 0) is 19.3 Å². The van der Waals surface area contributed by atoms with E-state index in [2.05, 4.69) is 30.6 Å². The molecule has 2 N–H and O–H groups in total. The van der Waals surface area contributed by atoms with E-state index in [9.17, 15) is 0 Å². The van der Waals surface area contributed by atoms with E-state index in [-0.39, 0.29) is 0 Å². The third-order valence-electron chi connectivity index (χ3n) is 3.36. The molecule has 3 heterocycles. The third-order valence-corrected chi connectivity index (χ3v) is 3.36. The molecule has 3 rings (SSSR count). The van der Waals surface area contributed by atoms with E-state index in [4.69, 9.17) is 4.74 Å². The molecule has 8 nitrogen and oxygen atoms in total. The number of anilines is 2. The molecule has 2 aromatic rings. The molecule has 1 saturated heterocycles. The number of ether oxygens (including phenoxy) is 1.